The van der Waals surface area contributed by atoms with Gasteiger partial charge in [0, 0.05) is 16.8 Å². The molecule has 1 unspecified atom stereocenters. The first-order valence-electron chi connectivity index (χ1n) is 9.88. The summed E-state index contributed by atoms with van der Waals surface area (Å²) in [6.07, 6.45) is 8.71. The van der Waals surface area contributed by atoms with Gasteiger partial charge in [0.1, 0.15) is 5.76 Å². The van der Waals surface area contributed by atoms with Gasteiger partial charge in [-0.25, -0.2) is 0 Å². The van der Waals surface area contributed by atoms with Crippen LogP contribution in [0.2, 0.25) is 0 Å². The second kappa shape index (κ2) is 6.86. The Bertz CT molecular complexity index is 917. The standard InChI is InChI=1S/C23H24N2O2/c26-23-22-19(14-21(27-22)16-4-2-1-3-5-16)13-18-12-17(6-7-20(18)25-23)15-8-10-24-11-9-15/h1-7,14-15,17,24H,8-13H2,(H,25,26). The van der Waals surface area contributed by atoms with Crippen LogP contribution >= 0.6 is 0 Å². The van der Waals surface area contributed by atoms with Crippen LogP contribution in [0.4, 0.5) is 0 Å². The minimum absolute atomic E-state index is 0.137. The van der Waals surface area contributed by atoms with Crippen molar-refractivity contribution in [3.63, 3.8) is 0 Å². The summed E-state index contributed by atoms with van der Waals surface area (Å²) in [5, 5.41) is 6.52. The Morgan fingerprint density at radius 1 is 1.07 bits per heavy atom. The topological polar surface area (TPSA) is 54.3 Å². The maximum absolute atomic E-state index is 12.7. The van der Waals surface area contributed by atoms with Crippen LogP contribution in [0, 0.1) is 11.8 Å². The molecule has 1 aliphatic carbocycles. The SMILES string of the molecule is O=C1NC2=C(Cc3cc(-c4ccccc4)oc31)CC(C1CCNCC1)C=C2. The Morgan fingerprint density at radius 3 is 2.70 bits per heavy atom. The number of benzene rings is 1. The van der Waals surface area contributed by atoms with Crippen molar-refractivity contribution in [3.8, 4) is 11.3 Å². The van der Waals surface area contributed by atoms with E-state index in [9.17, 15) is 4.79 Å². The number of hydrogen-bond acceptors (Lipinski definition) is 3. The summed E-state index contributed by atoms with van der Waals surface area (Å²) in [4.78, 5) is 12.7. The van der Waals surface area contributed by atoms with Crippen LogP contribution in [0.3, 0.4) is 0 Å². The Morgan fingerprint density at radius 2 is 1.89 bits per heavy atom. The van der Waals surface area contributed by atoms with Crippen LogP contribution in [-0.4, -0.2) is 19.0 Å². The average molecular weight is 360 g/mol. The molecule has 2 aliphatic heterocycles. The molecule has 4 heteroatoms. The van der Waals surface area contributed by atoms with E-state index in [1.165, 1.54) is 18.4 Å². The molecular weight excluding hydrogens is 336 g/mol. The van der Waals surface area contributed by atoms with Crippen LogP contribution in [0.5, 0.6) is 0 Å². The number of piperidine rings is 1. The summed E-state index contributed by atoms with van der Waals surface area (Å²) in [6, 6.07) is 12.0. The Hall–Kier alpha value is -2.59. The molecule has 1 atom stereocenters. The smallest absolute Gasteiger partial charge is 0.291 e. The fourth-order valence-corrected chi connectivity index (χ4v) is 4.60. The second-order valence-corrected chi connectivity index (χ2v) is 7.79. The van der Waals surface area contributed by atoms with E-state index in [1.807, 2.05) is 36.4 Å². The van der Waals surface area contributed by atoms with E-state index in [0.29, 0.717) is 11.7 Å². The monoisotopic (exact) mass is 360 g/mol. The normalized spacial score (nSPS) is 22.8. The maximum atomic E-state index is 12.7. The van der Waals surface area contributed by atoms with Crippen molar-refractivity contribution in [1.29, 1.82) is 0 Å². The lowest BCUT2D eigenvalue weighted by atomic mass is 9.77. The molecule has 0 bridgehead atoms. The molecule has 27 heavy (non-hydrogen) atoms. The highest BCUT2D eigenvalue weighted by Crippen LogP contribution is 2.37. The second-order valence-electron chi connectivity index (χ2n) is 7.79. The molecular formula is C23H24N2O2. The summed E-state index contributed by atoms with van der Waals surface area (Å²) in [6.45, 7) is 2.23. The Kier molecular flexibility index (Phi) is 4.21. The zero-order chi connectivity index (χ0) is 18.2. The van der Waals surface area contributed by atoms with Gasteiger partial charge in [-0.2, -0.15) is 0 Å². The van der Waals surface area contributed by atoms with Crippen molar-refractivity contribution in [1.82, 2.24) is 10.6 Å². The zero-order valence-electron chi connectivity index (χ0n) is 15.3. The summed E-state index contributed by atoms with van der Waals surface area (Å²) in [5.74, 6) is 2.39. The van der Waals surface area contributed by atoms with Gasteiger partial charge in [0.25, 0.3) is 5.91 Å². The van der Waals surface area contributed by atoms with Crippen molar-refractivity contribution in [2.75, 3.05) is 13.1 Å². The third-order valence-electron chi connectivity index (χ3n) is 6.09. The van der Waals surface area contributed by atoms with E-state index < -0.39 is 0 Å². The number of nitrogens with one attached hydrogen (secondary N) is 2. The molecule has 4 nitrogen and oxygen atoms in total. The molecule has 1 amide bonds. The molecule has 138 valence electrons. The number of hydrogen-bond donors (Lipinski definition) is 2. The molecule has 2 aromatic rings. The minimum atomic E-state index is -0.137. The molecule has 1 aromatic carbocycles. The van der Waals surface area contributed by atoms with Gasteiger partial charge in [-0.15, -0.1) is 0 Å². The summed E-state index contributed by atoms with van der Waals surface area (Å²) < 4.78 is 5.96. The van der Waals surface area contributed by atoms with Crippen LogP contribution in [0.1, 0.15) is 35.4 Å². The molecule has 3 heterocycles. The first-order chi connectivity index (χ1) is 13.3. The van der Waals surface area contributed by atoms with E-state index in [-0.39, 0.29) is 5.91 Å². The van der Waals surface area contributed by atoms with Gasteiger partial charge in [-0.3, -0.25) is 4.79 Å². The number of carbonyl (C=O) groups excluding carboxylic acids is 1. The molecule has 2 N–H and O–H groups in total. The molecule has 0 radical (unpaired) electrons. The predicted octanol–water partition coefficient (Wildman–Crippen LogP) is 4.06. The number of amides is 1. The fraction of sp³-hybridized carbons (Fsp3) is 0.348. The van der Waals surface area contributed by atoms with Gasteiger partial charge in [0.05, 0.1) is 0 Å². The van der Waals surface area contributed by atoms with E-state index in [4.69, 9.17) is 4.42 Å². The largest absolute Gasteiger partial charge is 0.451 e. The van der Waals surface area contributed by atoms with Crippen LogP contribution < -0.4 is 10.6 Å². The highest BCUT2D eigenvalue weighted by Gasteiger charge is 2.30. The molecule has 0 saturated carbocycles. The summed E-state index contributed by atoms with van der Waals surface area (Å²) in [5.41, 5.74) is 4.30. The number of allylic oxidation sites excluding steroid dienone is 3. The molecule has 5 rings (SSSR count). The van der Waals surface area contributed by atoms with Gasteiger partial charge >= 0.3 is 0 Å². The third-order valence-corrected chi connectivity index (χ3v) is 6.09. The first-order valence-corrected chi connectivity index (χ1v) is 9.88. The van der Waals surface area contributed by atoms with Crippen LogP contribution in [-0.2, 0) is 6.42 Å². The molecule has 0 spiro atoms. The van der Waals surface area contributed by atoms with Gasteiger partial charge < -0.3 is 15.1 Å². The van der Waals surface area contributed by atoms with E-state index >= 15 is 0 Å². The quantitative estimate of drug-likeness (QED) is 0.849. The van der Waals surface area contributed by atoms with Gasteiger partial charge in [-0.1, -0.05) is 36.4 Å². The van der Waals surface area contributed by atoms with Crippen LogP contribution in [0.15, 0.2) is 64.2 Å². The van der Waals surface area contributed by atoms with Crippen molar-refractivity contribution in [2.45, 2.75) is 25.7 Å². The highest BCUT2D eigenvalue weighted by molar-refractivity contribution is 5.96. The number of furan rings is 1. The lowest BCUT2D eigenvalue weighted by Crippen LogP contribution is -2.32. The number of rotatable bonds is 2. The van der Waals surface area contributed by atoms with Gasteiger partial charge in [0.15, 0.2) is 5.76 Å². The fourth-order valence-electron chi connectivity index (χ4n) is 4.60. The Labute approximate surface area is 159 Å². The molecule has 1 saturated heterocycles. The van der Waals surface area contributed by atoms with Crippen LogP contribution in [0.25, 0.3) is 11.3 Å². The number of carbonyl (C=O) groups is 1. The molecule has 3 aliphatic rings. The highest BCUT2D eigenvalue weighted by atomic mass is 16.4. The summed E-state index contributed by atoms with van der Waals surface area (Å²) in [7, 11) is 0. The van der Waals surface area contributed by atoms with Crippen molar-refractivity contribution in [3.05, 3.63) is 71.1 Å². The first kappa shape index (κ1) is 16.6. The lowest BCUT2D eigenvalue weighted by Gasteiger charge is -2.31. The van der Waals surface area contributed by atoms with Gasteiger partial charge in [-0.05, 0) is 68.3 Å². The van der Waals surface area contributed by atoms with E-state index in [0.717, 1.165) is 54.4 Å². The Balaban J connectivity index is 1.43. The predicted molar refractivity (Wildman–Crippen MR) is 105 cm³/mol. The van der Waals surface area contributed by atoms with E-state index in [1.54, 1.807) is 0 Å². The molecule has 1 aromatic heterocycles. The average Bonchev–Trinajstić information content (AvgIpc) is 3.09. The molecule has 1 fully saturated rings. The minimum Gasteiger partial charge on any atom is -0.451 e. The third kappa shape index (κ3) is 3.15. The van der Waals surface area contributed by atoms with Crippen molar-refractivity contribution in [2.24, 2.45) is 11.8 Å². The van der Waals surface area contributed by atoms with Crippen molar-refractivity contribution < 1.29 is 9.21 Å². The zero-order valence-corrected chi connectivity index (χ0v) is 15.3. The summed E-state index contributed by atoms with van der Waals surface area (Å²) >= 11 is 0. The van der Waals surface area contributed by atoms with Crippen molar-refractivity contribution >= 4 is 5.91 Å². The van der Waals surface area contributed by atoms with Gasteiger partial charge in [0.2, 0.25) is 0 Å². The maximum Gasteiger partial charge on any atom is 0.291 e. The lowest BCUT2D eigenvalue weighted by molar-refractivity contribution is 0.0940. The number of fused-ring (bicyclic) bond motifs is 1. The van der Waals surface area contributed by atoms with E-state index in [2.05, 4.69) is 22.8 Å².